The van der Waals surface area contributed by atoms with Crippen LogP contribution in [0.1, 0.15) is 0 Å². The van der Waals surface area contributed by atoms with Gasteiger partial charge < -0.3 is 9.13 Å². The van der Waals surface area contributed by atoms with Crippen molar-refractivity contribution in [1.82, 2.24) is 14.1 Å². The summed E-state index contributed by atoms with van der Waals surface area (Å²) in [6, 6.07) is 51.4. The van der Waals surface area contributed by atoms with Gasteiger partial charge in [0.05, 0.1) is 22.2 Å². The number of hydrogen-bond acceptors (Lipinski definition) is 1. The van der Waals surface area contributed by atoms with Gasteiger partial charge in [0.25, 0.3) is 0 Å². The highest BCUT2D eigenvalue weighted by Crippen LogP contribution is 2.38. The predicted octanol–water partition coefficient (Wildman–Crippen LogP) is 9.46. The molecular weight excluding hydrogens is 486 g/mol. The minimum absolute atomic E-state index is 0.900. The van der Waals surface area contributed by atoms with Crippen molar-refractivity contribution in [3.05, 3.63) is 152 Å². The van der Waals surface area contributed by atoms with E-state index in [0.29, 0.717) is 0 Å². The molecule has 3 nitrogen and oxygen atoms in total. The van der Waals surface area contributed by atoms with Crippen LogP contribution < -0.4 is 0 Å². The van der Waals surface area contributed by atoms with Crippen molar-refractivity contribution < 1.29 is 0 Å². The summed E-state index contributed by atoms with van der Waals surface area (Å²) in [7, 11) is 0. The Kier molecular flexibility index (Phi) is 5.14. The zero-order chi connectivity index (χ0) is 26.5. The Morgan fingerprint density at radius 1 is 0.450 bits per heavy atom. The topological polar surface area (TPSA) is 22.8 Å². The summed E-state index contributed by atoms with van der Waals surface area (Å²) < 4.78 is 4.61. The van der Waals surface area contributed by atoms with E-state index < -0.39 is 0 Å². The molecule has 0 fully saturated rings. The zero-order valence-corrected chi connectivity index (χ0v) is 21.8. The van der Waals surface area contributed by atoms with Crippen LogP contribution >= 0.6 is 0 Å². The van der Waals surface area contributed by atoms with E-state index >= 15 is 0 Å². The molecule has 0 amide bonds. The van der Waals surface area contributed by atoms with Gasteiger partial charge in [0.1, 0.15) is 5.82 Å². The van der Waals surface area contributed by atoms with Crippen molar-refractivity contribution in [3.63, 3.8) is 0 Å². The fourth-order valence-electron chi connectivity index (χ4n) is 5.91. The standard InChI is InChI=1S/C37H25N3/c1-4-12-26(13-5-1)28-24-33(27-14-6-2-7-15-27)38-36(25-28)39-23-22-32-34(39)21-20-31-30-18-10-11-19-35(30)40(37(31)32)29-16-8-3-9-17-29/h1-25H. The molecule has 0 radical (unpaired) electrons. The Morgan fingerprint density at radius 3 is 1.90 bits per heavy atom. The number of benzene rings is 5. The third-order valence-corrected chi connectivity index (χ3v) is 7.75. The summed E-state index contributed by atoms with van der Waals surface area (Å²) in [5.74, 6) is 0.900. The molecule has 188 valence electrons. The summed E-state index contributed by atoms with van der Waals surface area (Å²) >= 11 is 0. The van der Waals surface area contributed by atoms with Crippen LogP contribution in [0.3, 0.4) is 0 Å². The van der Waals surface area contributed by atoms with E-state index in [1.165, 1.54) is 32.8 Å². The Bertz CT molecular complexity index is 2080. The first-order valence-electron chi connectivity index (χ1n) is 13.6. The highest BCUT2D eigenvalue weighted by molar-refractivity contribution is 6.18. The van der Waals surface area contributed by atoms with Crippen molar-refractivity contribution in [2.45, 2.75) is 0 Å². The molecule has 0 saturated carbocycles. The second kappa shape index (κ2) is 9.11. The van der Waals surface area contributed by atoms with Gasteiger partial charge in [-0.1, -0.05) is 103 Å². The van der Waals surface area contributed by atoms with E-state index in [9.17, 15) is 0 Å². The first-order chi connectivity index (χ1) is 19.8. The van der Waals surface area contributed by atoms with Crippen LogP contribution in [0.15, 0.2) is 152 Å². The fourth-order valence-corrected chi connectivity index (χ4v) is 5.91. The lowest BCUT2D eigenvalue weighted by atomic mass is 10.0. The van der Waals surface area contributed by atoms with Crippen LogP contribution in [0.25, 0.3) is 66.6 Å². The van der Waals surface area contributed by atoms with Gasteiger partial charge in [-0.25, -0.2) is 4.98 Å². The van der Waals surface area contributed by atoms with Gasteiger partial charge in [-0.2, -0.15) is 0 Å². The average Bonchev–Trinajstić information content (AvgIpc) is 3.62. The summed E-state index contributed by atoms with van der Waals surface area (Å²) in [4.78, 5) is 5.18. The van der Waals surface area contributed by atoms with Gasteiger partial charge in [-0.15, -0.1) is 0 Å². The van der Waals surface area contributed by atoms with Gasteiger partial charge in [0, 0.05) is 33.6 Å². The Labute approximate surface area is 232 Å². The first-order valence-corrected chi connectivity index (χ1v) is 13.6. The lowest BCUT2D eigenvalue weighted by molar-refractivity contribution is 1.05. The molecule has 0 N–H and O–H groups in total. The van der Waals surface area contributed by atoms with Gasteiger partial charge in [-0.05, 0) is 53.6 Å². The number of fused-ring (bicyclic) bond motifs is 5. The molecule has 0 aliphatic heterocycles. The summed E-state index contributed by atoms with van der Waals surface area (Å²) in [6.07, 6.45) is 2.16. The Morgan fingerprint density at radius 2 is 1.12 bits per heavy atom. The van der Waals surface area contributed by atoms with Gasteiger partial charge in [0.2, 0.25) is 0 Å². The predicted molar refractivity (Wildman–Crippen MR) is 166 cm³/mol. The number of para-hydroxylation sites is 2. The molecule has 3 heterocycles. The van der Waals surface area contributed by atoms with Crippen molar-refractivity contribution in [3.8, 4) is 33.9 Å². The minimum atomic E-state index is 0.900. The quantitative estimate of drug-likeness (QED) is 0.231. The number of rotatable bonds is 4. The second-order valence-corrected chi connectivity index (χ2v) is 10.1. The van der Waals surface area contributed by atoms with E-state index in [4.69, 9.17) is 4.98 Å². The smallest absolute Gasteiger partial charge is 0.138 e. The zero-order valence-electron chi connectivity index (χ0n) is 21.8. The third kappa shape index (κ3) is 3.56. The summed E-state index contributed by atoms with van der Waals surface area (Å²) in [6.45, 7) is 0. The molecule has 0 spiro atoms. The molecule has 0 saturated heterocycles. The van der Waals surface area contributed by atoms with Crippen LogP contribution in [0.5, 0.6) is 0 Å². The van der Waals surface area contributed by atoms with Gasteiger partial charge in [-0.3, -0.25) is 0 Å². The molecule has 0 atom stereocenters. The molecular formula is C37H25N3. The van der Waals surface area contributed by atoms with Crippen LogP contribution in [0, 0.1) is 0 Å². The maximum Gasteiger partial charge on any atom is 0.138 e. The molecule has 3 aromatic heterocycles. The maximum absolute atomic E-state index is 5.18. The number of aromatic nitrogens is 3. The lowest BCUT2D eigenvalue weighted by Gasteiger charge is -2.12. The van der Waals surface area contributed by atoms with Crippen molar-refractivity contribution >= 4 is 32.7 Å². The molecule has 5 aromatic carbocycles. The van der Waals surface area contributed by atoms with E-state index in [1.54, 1.807) is 0 Å². The van der Waals surface area contributed by atoms with Crippen molar-refractivity contribution in [2.75, 3.05) is 0 Å². The number of hydrogen-bond donors (Lipinski definition) is 0. The monoisotopic (exact) mass is 511 g/mol. The van der Waals surface area contributed by atoms with E-state index in [1.807, 2.05) is 6.07 Å². The van der Waals surface area contributed by atoms with Crippen LogP contribution in [0.2, 0.25) is 0 Å². The molecule has 8 aromatic rings. The van der Waals surface area contributed by atoms with E-state index in [-0.39, 0.29) is 0 Å². The average molecular weight is 512 g/mol. The molecule has 0 unspecified atom stereocenters. The summed E-state index contributed by atoms with van der Waals surface area (Å²) in [5, 5.41) is 3.71. The molecule has 8 rings (SSSR count). The highest BCUT2D eigenvalue weighted by Gasteiger charge is 2.17. The first kappa shape index (κ1) is 22.6. The Balaban J connectivity index is 1.41. The largest absolute Gasteiger partial charge is 0.309 e. The lowest BCUT2D eigenvalue weighted by Crippen LogP contribution is -1.99. The number of nitrogens with zero attached hydrogens (tertiary/aromatic N) is 3. The van der Waals surface area contributed by atoms with Gasteiger partial charge in [0.15, 0.2) is 0 Å². The molecule has 0 aliphatic rings. The SMILES string of the molecule is c1ccc(-c2cc(-c3ccccc3)nc(-n3ccc4c3ccc3c5ccccc5n(-c5ccccc5)c34)c2)cc1. The third-order valence-electron chi connectivity index (χ3n) is 7.75. The minimum Gasteiger partial charge on any atom is -0.309 e. The van der Waals surface area contributed by atoms with Crippen molar-refractivity contribution in [2.24, 2.45) is 0 Å². The number of pyridine rings is 1. The van der Waals surface area contributed by atoms with Crippen LogP contribution in [-0.4, -0.2) is 14.1 Å². The normalized spacial score (nSPS) is 11.5. The molecule has 0 bridgehead atoms. The summed E-state index contributed by atoms with van der Waals surface area (Å²) in [5.41, 5.74) is 9.08. The van der Waals surface area contributed by atoms with Crippen LogP contribution in [0.4, 0.5) is 0 Å². The van der Waals surface area contributed by atoms with E-state index in [0.717, 1.165) is 33.8 Å². The van der Waals surface area contributed by atoms with Crippen LogP contribution in [-0.2, 0) is 0 Å². The van der Waals surface area contributed by atoms with E-state index in [2.05, 4.69) is 155 Å². The molecule has 3 heteroatoms. The maximum atomic E-state index is 5.18. The molecule has 0 aliphatic carbocycles. The Hall–Kier alpha value is -5.41. The van der Waals surface area contributed by atoms with Gasteiger partial charge >= 0.3 is 0 Å². The van der Waals surface area contributed by atoms with Crippen molar-refractivity contribution in [1.29, 1.82) is 0 Å². The molecule has 40 heavy (non-hydrogen) atoms. The fraction of sp³-hybridized carbons (Fsp3) is 0. The highest BCUT2D eigenvalue weighted by atomic mass is 15.1. The second-order valence-electron chi connectivity index (χ2n) is 10.1.